The van der Waals surface area contributed by atoms with Gasteiger partial charge in [-0.15, -0.1) is 0 Å². The third-order valence-corrected chi connectivity index (χ3v) is 2.96. The van der Waals surface area contributed by atoms with E-state index >= 15 is 0 Å². The van der Waals surface area contributed by atoms with E-state index in [-0.39, 0.29) is 12.5 Å². The van der Waals surface area contributed by atoms with Crippen LogP contribution in [0.25, 0.3) is 0 Å². The van der Waals surface area contributed by atoms with Crippen LogP contribution < -0.4 is 15.4 Å². The molecule has 0 unspecified atom stereocenters. The van der Waals surface area contributed by atoms with E-state index in [1.54, 1.807) is 12.1 Å². The molecule has 0 bridgehead atoms. The first-order valence-corrected chi connectivity index (χ1v) is 7.07. The number of benzene rings is 2. The van der Waals surface area contributed by atoms with Gasteiger partial charge in [-0.25, -0.2) is 0 Å². The summed E-state index contributed by atoms with van der Waals surface area (Å²) in [6.45, 7) is 2.72. The van der Waals surface area contributed by atoms with Crippen molar-refractivity contribution < 1.29 is 9.53 Å². The van der Waals surface area contributed by atoms with Gasteiger partial charge in [0.15, 0.2) is 0 Å². The Morgan fingerprint density at radius 1 is 1.14 bits per heavy atom. The van der Waals surface area contributed by atoms with Crippen LogP contribution in [-0.2, 0) is 4.79 Å². The van der Waals surface area contributed by atoms with Gasteiger partial charge in [0.2, 0.25) is 5.91 Å². The molecule has 0 saturated carbocycles. The minimum atomic E-state index is -0.126. The molecule has 110 valence electrons. The first-order valence-electron chi connectivity index (χ1n) is 6.69. The summed E-state index contributed by atoms with van der Waals surface area (Å²) < 4.78 is 5.34. The molecule has 21 heavy (non-hydrogen) atoms. The molecule has 0 saturated heterocycles. The minimum absolute atomic E-state index is 0.126. The molecule has 2 N–H and O–H groups in total. The number of hydrogen-bond acceptors (Lipinski definition) is 3. The van der Waals surface area contributed by atoms with E-state index in [9.17, 15) is 4.79 Å². The molecule has 2 aromatic rings. The Balaban J connectivity index is 1.84. The fraction of sp³-hybridized carbons (Fsp3) is 0.188. The lowest BCUT2D eigenvalue weighted by Crippen LogP contribution is -2.21. The smallest absolute Gasteiger partial charge is 0.243 e. The highest BCUT2D eigenvalue weighted by Gasteiger charge is 2.03. The summed E-state index contributed by atoms with van der Waals surface area (Å²) in [5.41, 5.74) is 1.54. The van der Waals surface area contributed by atoms with Crippen LogP contribution in [0, 0.1) is 0 Å². The Kier molecular flexibility index (Phi) is 5.46. The molecule has 0 spiro atoms. The summed E-state index contributed by atoms with van der Waals surface area (Å²) in [7, 11) is 0. The van der Waals surface area contributed by atoms with Gasteiger partial charge in [0.1, 0.15) is 5.75 Å². The Hall–Kier alpha value is -2.20. The number of carbonyl (C=O) groups is 1. The maximum absolute atomic E-state index is 11.8. The monoisotopic (exact) mass is 304 g/mol. The van der Waals surface area contributed by atoms with Gasteiger partial charge < -0.3 is 15.4 Å². The number of nitrogens with one attached hydrogen (secondary N) is 2. The van der Waals surface area contributed by atoms with Gasteiger partial charge in [0.25, 0.3) is 0 Å². The second-order valence-corrected chi connectivity index (χ2v) is 4.81. The van der Waals surface area contributed by atoms with Gasteiger partial charge in [0, 0.05) is 16.4 Å². The van der Waals surface area contributed by atoms with Gasteiger partial charge in [-0.2, -0.15) is 0 Å². The molecule has 0 aliphatic rings. The summed E-state index contributed by atoms with van der Waals surface area (Å²) >= 11 is 5.88. The van der Waals surface area contributed by atoms with Crippen LogP contribution in [0.1, 0.15) is 6.92 Å². The molecule has 0 aromatic heterocycles. The van der Waals surface area contributed by atoms with Crippen molar-refractivity contribution in [2.75, 3.05) is 23.8 Å². The molecule has 4 nitrogen and oxygen atoms in total. The minimum Gasteiger partial charge on any atom is -0.494 e. The predicted molar refractivity (Wildman–Crippen MR) is 86.2 cm³/mol. The third kappa shape index (κ3) is 5.00. The second-order valence-electron chi connectivity index (χ2n) is 4.37. The van der Waals surface area contributed by atoms with E-state index in [1.807, 2.05) is 43.3 Å². The van der Waals surface area contributed by atoms with Crippen LogP contribution in [0.3, 0.4) is 0 Å². The maximum Gasteiger partial charge on any atom is 0.243 e. The summed E-state index contributed by atoms with van der Waals surface area (Å²) in [4.78, 5) is 11.8. The average Bonchev–Trinajstić information content (AvgIpc) is 2.48. The number of ether oxygens (including phenoxy) is 1. The van der Waals surface area contributed by atoms with Gasteiger partial charge in [-0.05, 0) is 49.4 Å². The number of hydrogen-bond donors (Lipinski definition) is 2. The van der Waals surface area contributed by atoms with Gasteiger partial charge in [-0.3, -0.25) is 4.79 Å². The first kappa shape index (κ1) is 15.2. The van der Waals surface area contributed by atoms with Crippen molar-refractivity contribution in [3.63, 3.8) is 0 Å². The van der Waals surface area contributed by atoms with Crippen molar-refractivity contribution >= 4 is 28.9 Å². The number of halogens is 1. The fourth-order valence-electron chi connectivity index (χ4n) is 1.79. The van der Waals surface area contributed by atoms with Crippen molar-refractivity contribution in [3.05, 3.63) is 53.6 Å². The first-order chi connectivity index (χ1) is 10.2. The molecule has 1 amide bonds. The largest absolute Gasteiger partial charge is 0.494 e. The summed E-state index contributed by atoms with van der Waals surface area (Å²) in [6, 6.07) is 14.5. The van der Waals surface area contributed by atoms with Crippen LogP contribution in [0.5, 0.6) is 5.75 Å². The van der Waals surface area contributed by atoms with E-state index in [2.05, 4.69) is 10.6 Å². The molecule has 0 aliphatic carbocycles. The Bertz CT molecular complexity index is 599. The van der Waals surface area contributed by atoms with Crippen molar-refractivity contribution in [1.29, 1.82) is 0 Å². The van der Waals surface area contributed by atoms with Crippen molar-refractivity contribution in [1.82, 2.24) is 0 Å². The molecule has 0 aliphatic heterocycles. The SMILES string of the molecule is CCOc1ccc(NC(=O)CNc2cccc(Cl)c2)cc1. The fourth-order valence-corrected chi connectivity index (χ4v) is 1.98. The number of anilines is 2. The van der Waals surface area contributed by atoms with E-state index in [0.717, 1.165) is 17.1 Å². The average molecular weight is 305 g/mol. The van der Waals surface area contributed by atoms with Crippen molar-refractivity contribution in [2.45, 2.75) is 6.92 Å². The Labute approximate surface area is 129 Å². The zero-order valence-electron chi connectivity index (χ0n) is 11.7. The standard InChI is InChI=1S/C16H17ClN2O2/c1-2-21-15-8-6-13(7-9-15)19-16(20)11-18-14-5-3-4-12(17)10-14/h3-10,18H,2,11H2,1H3,(H,19,20). The zero-order valence-corrected chi connectivity index (χ0v) is 12.5. The lowest BCUT2D eigenvalue weighted by Gasteiger charge is -2.09. The number of carbonyl (C=O) groups excluding carboxylic acids is 1. The second kappa shape index (κ2) is 7.55. The molecule has 0 radical (unpaired) electrons. The third-order valence-electron chi connectivity index (χ3n) is 2.73. The highest BCUT2D eigenvalue weighted by Crippen LogP contribution is 2.16. The lowest BCUT2D eigenvalue weighted by molar-refractivity contribution is -0.114. The van der Waals surface area contributed by atoms with Crippen LogP contribution in [0.15, 0.2) is 48.5 Å². The Morgan fingerprint density at radius 3 is 2.57 bits per heavy atom. The topological polar surface area (TPSA) is 50.4 Å². The molecule has 2 rings (SSSR count). The number of amides is 1. The molecule has 0 atom stereocenters. The molecular formula is C16H17ClN2O2. The van der Waals surface area contributed by atoms with Crippen LogP contribution in [-0.4, -0.2) is 19.1 Å². The van der Waals surface area contributed by atoms with Crippen LogP contribution in [0.4, 0.5) is 11.4 Å². The van der Waals surface area contributed by atoms with Crippen molar-refractivity contribution in [2.24, 2.45) is 0 Å². The van der Waals surface area contributed by atoms with E-state index < -0.39 is 0 Å². The van der Waals surface area contributed by atoms with E-state index in [1.165, 1.54) is 0 Å². The highest BCUT2D eigenvalue weighted by atomic mass is 35.5. The predicted octanol–water partition coefficient (Wildman–Crippen LogP) is 3.79. The molecular weight excluding hydrogens is 288 g/mol. The normalized spacial score (nSPS) is 10.0. The highest BCUT2D eigenvalue weighted by molar-refractivity contribution is 6.30. The Morgan fingerprint density at radius 2 is 1.90 bits per heavy atom. The van der Waals surface area contributed by atoms with Crippen molar-refractivity contribution in [3.8, 4) is 5.75 Å². The summed E-state index contributed by atoms with van der Waals surface area (Å²) in [5, 5.41) is 6.45. The molecule has 0 fully saturated rings. The number of rotatable bonds is 6. The van der Waals surface area contributed by atoms with E-state index in [0.29, 0.717) is 11.6 Å². The van der Waals surface area contributed by atoms with Gasteiger partial charge in [-0.1, -0.05) is 17.7 Å². The van der Waals surface area contributed by atoms with E-state index in [4.69, 9.17) is 16.3 Å². The van der Waals surface area contributed by atoms with Gasteiger partial charge >= 0.3 is 0 Å². The summed E-state index contributed by atoms with van der Waals surface area (Å²) in [6.07, 6.45) is 0. The van der Waals surface area contributed by atoms with Crippen LogP contribution in [0.2, 0.25) is 5.02 Å². The van der Waals surface area contributed by atoms with Crippen LogP contribution >= 0.6 is 11.6 Å². The molecule has 5 heteroatoms. The summed E-state index contributed by atoms with van der Waals surface area (Å²) in [5.74, 6) is 0.659. The lowest BCUT2D eigenvalue weighted by atomic mass is 10.3. The van der Waals surface area contributed by atoms with Gasteiger partial charge in [0.05, 0.1) is 13.2 Å². The molecule has 2 aromatic carbocycles. The molecule has 0 heterocycles. The zero-order chi connectivity index (χ0) is 15.1. The maximum atomic E-state index is 11.8. The quantitative estimate of drug-likeness (QED) is 0.853.